The summed E-state index contributed by atoms with van der Waals surface area (Å²) in [5, 5.41) is 9.28. The number of likely N-dealkylation sites (tertiary alicyclic amines) is 1. The highest BCUT2D eigenvalue weighted by Gasteiger charge is 2.52. The monoisotopic (exact) mass is 279 g/mol. The lowest BCUT2D eigenvalue weighted by Gasteiger charge is -2.47. The molecule has 1 aliphatic carbocycles. The number of aliphatic carboxylic acids is 1. The molecule has 0 radical (unpaired) electrons. The minimum Gasteiger partial charge on any atom is -0.481 e. The zero-order valence-corrected chi connectivity index (χ0v) is 10.4. The van der Waals surface area contributed by atoms with Crippen molar-refractivity contribution in [3.63, 3.8) is 0 Å². The summed E-state index contributed by atoms with van der Waals surface area (Å²) in [5.41, 5.74) is -0.757. The SMILES string of the molecule is O=C(N1CCC(C2(C(=O)O)CCC2)CC1)C(F)(F)F. The van der Waals surface area contributed by atoms with E-state index in [1.165, 1.54) is 0 Å². The Morgan fingerprint density at radius 2 is 1.68 bits per heavy atom. The second-order valence-corrected chi connectivity index (χ2v) is 5.38. The molecule has 1 saturated carbocycles. The molecule has 0 unspecified atom stereocenters. The van der Waals surface area contributed by atoms with Crippen LogP contribution < -0.4 is 0 Å². The third kappa shape index (κ3) is 2.42. The van der Waals surface area contributed by atoms with Crippen molar-refractivity contribution in [2.45, 2.75) is 38.3 Å². The van der Waals surface area contributed by atoms with Gasteiger partial charge >= 0.3 is 18.1 Å². The average Bonchev–Trinajstić information content (AvgIpc) is 2.25. The Bertz CT molecular complexity index is 382. The van der Waals surface area contributed by atoms with Crippen LogP contribution in [0.25, 0.3) is 0 Å². The molecule has 0 aromatic carbocycles. The molecule has 1 saturated heterocycles. The Kier molecular flexibility index (Phi) is 3.49. The summed E-state index contributed by atoms with van der Waals surface area (Å²) < 4.78 is 36.9. The molecule has 0 aromatic rings. The molecule has 7 heteroatoms. The van der Waals surface area contributed by atoms with E-state index < -0.39 is 23.5 Å². The van der Waals surface area contributed by atoms with Gasteiger partial charge in [0.25, 0.3) is 0 Å². The molecule has 1 N–H and O–H groups in total. The second kappa shape index (κ2) is 4.68. The zero-order valence-electron chi connectivity index (χ0n) is 10.4. The Morgan fingerprint density at radius 1 is 1.16 bits per heavy atom. The first kappa shape index (κ1) is 14.1. The maximum atomic E-state index is 12.3. The normalized spacial score (nSPS) is 23.8. The molecule has 4 nitrogen and oxygen atoms in total. The van der Waals surface area contributed by atoms with E-state index in [2.05, 4.69) is 0 Å². The summed E-state index contributed by atoms with van der Waals surface area (Å²) in [6.45, 7) is -0.00389. The van der Waals surface area contributed by atoms with Crippen molar-refractivity contribution in [1.29, 1.82) is 0 Å². The largest absolute Gasteiger partial charge is 0.481 e. The number of carboxylic acids is 1. The highest BCUT2D eigenvalue weighted by atomic mass is 19.4. The van der Waals surface area contributed by atoms with Crippen LogP contribution >= 0.6 is 0 Å². The molecule has 1 amide bonds. The third-order valence-corrected chi connectivity index (χ3v) is 4.48. The number of carbonyl (C=O) groups excluding carboxylic acids is 1. The van der Waals surface area contributed by atoms with Crippen LogP contribution in [0.2, 0.25) is 0 Å². The lowest BCUT2D eigenvalue weighted by molar-refractivity contribution is -0.188. The minimum atomic E-state index is -4.84. The van der Waals surface area contributed by atoms with Crippen molar-refractivity contribution < 1.29 is 27.9 Å². The van der Waals surface area contributed by atoms with E-state index in [9.17, 15) is 27.9 Å². The van der Waals surface area contributed by atoms with Crippen LogP contribution in [0, 0.1) is 11.3 Å². The van der Waals surface area contributed by atoms with Gasteiger partial charge in [-0.15, -0.1) is 0 Å². The summed E-state index contributed by atoms with van der Waals surface area (Å²) in [6.07, 6.45) is -2.11. The number of nitrogens with zero attached hydrogens (tertiary/aromatic N) is 1. The van der Waals surface area contributed by atoms with Gasteiger partial charge < -0.3 is 10.0 Å². The van der Waals surface area contributed by atoms with Crippen molar-refractivity contribution in [2.24, 2.45) is 11.3 Å². The molecule has 0 aromatic heterocycles. The lowest BCUT2D eigenvalue weighted by Crippen LogP contribution is -2.51. The lowest BCUT2D eigenvalue weighted by atomic mass is 9.58. The fraction of sp³-hybridized carbons (Fsp3) is 0.833. The topological polar surface area (TPSA) is 57.6 Å². The molecule has 108 valence electrons. The van der Waals surface area contributed by atoms with E-state index in [0.717, 1.165) is 11.3 Å². The minimum absolute atomic E-state index is 0.00194. The smallest absolute Gasteiger partial charge is 0.471 e. The summed E-state index contributed by atoms with van der Waals surface area (Å²) in [4.78, 5) is 23.2. The van der Waals surface area contributed by atoms with E-state index in [4.69, 9.17) is 0 Å². The number of amides is 1. The fourth-order valence-electron chi connectivity index (χ4n) is 3.17. The van der Waals surface area contributed by atoms with E-state index in [0.29, 0.717) is 25.7 Å². The van der Waals surface area contributed by atoms with Gasteiger partial charge in [0, 0.05) is 13.1 Å². The van der Waals surface area contributed by atoms with Crippen molar-refractivity contribution in [2.75, 3.05) is 13.1 Å². The second-order valence-electron chi connectivity index (χ2n) is 5.38. The fourth-order valence-corrected chi connectivity index (χ4v) is 3.17. The Balaban J connectivity index is 1.96. The van der Waals surface area contributed by atoms with Gasteiger partial charge in [-0.25, -0.2) is 0 Å². The van der Waals surface area contributed by atoms with Crippen LogP contribution in [0.1, 0.15) is 32.1 Å². The number of carbonyl (C=O) groups is 2. The van der Waals surface area contributed by atoms with Gasteiger partial charge in [-0.05, 0) is 31.6 Å². The molecule has 1 aliphatic heterocycles. The van der Waals surface area contributed by atoms with Crippen molar-refractivity contribution in [3.8, 4) is 0 Å². The van der Waals surface area contributed by atoms with Crippen molar-refractivity contribution in [3.05, 3.63) is 0 Å². The first-order chi connectivity index (χ1) is 8.77. The first-order valence-electron chi connectivity index (χ1n) is 6.37. The molecule has 2 aliphatic rings. The number of halogens is 3. The van der Waals surface area contributed by atoms with E-state index >= 15 is 0 Å². The number of piperidine rings is 1. The predicted molar refractivity (Wildman–Crippen MR) is 59.3 cm³/mol. The predicted octanol–water partition coefficient (Wildman–Crippen LogP) is 2.04. The highest BCUT2D eigenvalue weighted by molar-refractivity contribution is 5.82. The van der Waals surface area contributed by atoms with Gasteiger partial charge in [0.05, 0.1) is 5.41 Å². The van der Waals surface area contributed by atoms with Gasteiger partial charge in [0.2, 0.25) is 0 Å². The quantitative estimate of drug-likeness (QED) is 0.841. The number of hydrogen-bond acceptors (Lipinski definition) is 2. The van der Waals surface area contributed by atoms with E-state index in [1.54, 1.807) is 0 Å². The summed E-state index contributed by atoms with van der Waals surface area (Å²) in [7, 11) is 0. The van der Waals surface area contributed by atoms with Crippen LogP contribution in [0.5, 0.6) is 0 Å². The van der Waals surface area contributed by atoms with Crippen LogP contribution in [0.15, 0.2) is 0 Å². The van der Waals surface area contributed by atoms with Crippen LogP contribution in [-0.4, -0.2) is 41.1 Å². The maximum Gasteiger partial charge on any atom is 0.471 e. The standard InChI is InChI=1S/C12H16F3NO3/c13-12(14,15)9(17)16-6-2-8(3-7-16)11(10(18)19)4-1-5-11/h8H,1-7H2,(H,18,19). The Morgan fingerprint density at radius 3 is 2.00 bits per heavy atom. The van der Waals surface area contributed by atoms with Crippen LogP contribution in [-0.2, 0) is 9.59 Å². The number of rotatable bonds is 2. The highest BCUT2D eigenvalue weighted by Crippen LogP contribution is 2.51. The maximum absolute atomic E-state index is 12.3. The van der Waals surface area contributed by atoms with Crippen molar-refractivity contribution >= 4 is 11.9 Å². The molecular weight excluding hydrogens is 263 g/mol. The number of alkyl halides is 3. The van der Waals surface area contributed by atoms with Gasteiger partial charge in [-0.2, -0.15) is 13.2 Å². The molecule has 19 heavy (non-hydrogen) atoms. The Hall–Kier alpha value is -1.27. The van der Waals surface area contributed by atoms with Gasteiger partial charge in [0.1, 0.15) is 0 Å². The first-order valence-corrected chi connectivity index (χ1v) is 6.37. The van der Waals surface area contributed by atoms with E-state index in [1.807, 2.05) is 0 Å². The Labute approximate surface area is 108 Å². The van der Waals surface area contributed by atoms with Crippen LogP contribution in [0.4, 0.5) is 13.2 Å². The molecule has 1 heterocycles. The molecule has 2 fully saturated rings. The number of hydrogen-bond donors (Lipinski definition) is 1. The van der Waals surface area contributed by atoms with Gasteiger partial charge in [0.15, 0.2) is 0 Å². The molecule has 0 bridgehead atoms. The van der Waals surface area contributed by atoms with Gasteiger partial charge in [-0.3, -0.25) is 9.59 Å². The van der Waals surface area contributed by atoms with E-state index in [-0.39, 0.29) is 19.0 Å². The number of carboxylic acid groups (broad SMARTS) is 1. The van der Waals surface area contributed by atoms with Crippen molar-refractivity contribution in [1.82, 2.24) is 4.90 Å². The molecule has 2 rings (SSSR count). The van der Waals surface area contributed by atoms with Gasteiger partial charge in [-0.1, -0.05) is 6.42 Å². The average molecular weight is 279 g/mol. The zero-order chi connectivity index (χ0) is 14.3. The third-order valence-electron chi connectivity index (χ3n) is 4.48. The van der Waals surface area contributed by atoms with Crippen LogP contribution in [0.3, 0.4) is 0 Å². The summed E-state index contributed by atoms with van der Waals surface area (Å²) in [5.74, 6) is -2.78. The molecular formula is C12H16F3NO3. The summed E-state index contributed by atoms with van der Waals surface area (Å²) >= 11 is 0. The molecule has 0 atom stereocenters. The molecule has 0 spiro atoms. The summed E-state index contributed by atoms with van der Waals surface area (Å²) in [6, 6.07) is 0.